The summed E-state index contributed by atoms with van der Waals surface area (Å²) in [6, 6.07) is 9.24. The Hall–Kier alpha value is -1.59. The van der Waals surface area contributed by atoms with Crippen molar-refractivity contribution in [1.82, 2.24) is 4.98 Å². The normalized spacial score (nSPS) is 10.2. The third-order valence-corrected chi connectivity index (χ3v) is 3.67. The zero-order valence-electron chi connectivity index (χ0n) is 10.8. The number of likely N-dealkylation sites (N-methyl/N-ethyl adjacent to an activating group) is 1. The van der Waals surface area contributed by atoms with Gasteiger partial charge < -0.3 is 10.2 Å². The lowest BCUT2D eigenvalue weighted by Crippen LogP contribution is -2.30. The first kappa shape index (κ1) is 14.8. The van der Waals surface area contributed by atoms with Crippen LogP contribution in [-0.2, 0) is 4.79 Å². The molecule has 1 heterocycles. The Morgan fingerprint density at radius 2 is 2.15 bits per heavy atom. The molecule has 0 radical (unpaired) electrons. The highest BCUT2D eigenvalue weighted by Crippen LogP contribution is 2.24. The Bertz CT molecular complexity index is 621. The molecule has 0 aliphatic carbocycles. The fraction of sp³-hybridized carbons (Fsp3) is 0.143. The van der Waals surface area contributed by atoms with Gasteiger partial charge in [-0.05, 0) is 34.1 Å². The van der Waals surface area contributed by atoms with Crippen molar-refractivity contribution < 1.29 is 4.79 Å². The van der Waals surface area contributed by atoms with Gasteiger partial charge in [-0.25, -0.2) is 0 Å². The highest BCUT2D eigenvalue weighted by atomic mass is 79.9. The largest absolute Gasteiger partial charge is 0.364 e. The number of carbonyl (C=O) groups is 1. The Morgan fingerprint density at radius 1 is 1.40 bits per heavy atom. The van der Waals surface area contributed by atoms with Crippen molar-refractivity contribution in [1.29, 1.82) is 0 Å². The van der Waals surface area contributed by atoms with Gasteiger partial charge in [0.25, 0.3) is 0 Å². The van der Waals surface area contributed by atoms with Crippen LogP contribution in [0.15, 0.2) is 47.2 Å². The summed E-state index contributed by atoms with van der Waals surface area (Å²) in [4.78, 5) is 17.7. The molecule has 2 aromatic rings. The van der Waals surface area contributed by atoms with Crippen LogP contribution in [-0.4, -0.2) is 24.5 Å². The quantitative estimate of drug-likeness (QED) is 0.913. The highest BCUT2D eigenvalue weighted by molar-refractivity contribution is 9.10. The number of amides is 1. The molecule has 0 unspecified atom stereocenters. The molecule has 4 nitrogen and oxygen atoms in total. The number of nitrogens with one attached hydrogen (secondary N) is 1. The first-order valence-electron chi connectivity index (χ1n) is 5.93. The Balaban J connectivity index is 2.02. The number of pyridine rings is 1. The van der Waals surface area contributed by atoms with Gasteiger partial charge >= 0.3 is 0 Å². The van der Waals surface area contributed by atoms with Crippen LogP contribution in [0.2, 0.25) is 5.02 Å². The third kappa shape index (κ3) is 3.71. The van der Waals surface area contributed by atoms with E-state index in [2.05, 4.69) is 26.2 Å². The van der Waals surface area contributed by atoms with Crippen LogP contribution in [0.25, 0.3) is 0 Å². The minimum atomic E-state index is -0.118. The van der Waals surface area contributed by atoms with Gasteiger partial charge in [-0.3, -0.25) is 9.78 Å². The van der Waals surface area contributed by atoms with Crippen LogP contribution in [0.3, 0.4) is 0 Å². The van der Waals surface area contributed by atoms with Crippen LogP contribution < -0.4 is 10.2 Å². The van der Waals surface area contributed by atoms with Crippen molar-refractivity contribution in [3.8, 4) is 0 Å². The third-order valence-electron chi connectivity index (χ3n) is 2.69. The number of hydrogen-bond acceptors (Lipinski definition) is 3. The number of halogens is 2. The SMILES string of the molecule is CN(CC(=O)Nc1ccccc1Br)c1ccncc1Cl. The first-order valence-corrected chi connectivity index (χ1v) is 7.10. The standard InChI is InChI=1S/C14H13BrClN3O/c1-19(13-6-7-17-8-11(13)16)9-14(20)18-12-5-3-2-4-10(12)15/h2-8H,9H2,1H3,(H,18,20). The van der Waals surface area contributed by atoms with E-state index in [1.165, 1.54) is 0 Å². The molecular weight excluding hydrogens is 342 g/mol. The van der Waals surface area contributed by atoms with Crippen LogP contribution in [0.1, 0.15) is 0 Å². The number of nitrogens with zero attached hydrogens (tertiary/aromatic N) is 2. The van der Waals surface area contributed by atoms with Crippen LogP contribution in [0.5, 0.6) is 0 Å². The predicted molar refractivity (Wildman–Crippen MR) is 85.3 cm³/mol. The van der Waals surface area contributed by atoms with Crippen LogP contribution in [0, 0.1) is 0 Å². The van der Waals surface area contributed by atoms with E-state index >= 15 is 0 Å². The van der Waals surface area contributed by atoms with E-state index in [9.17, 15) is 4.79 Å². The van der Waals surface area contributed by atoms with Crippen molar-refractivity contribution in [2.45, 2.75) is 0 Å². The molecule has 0 aliphatic heterocycles. The van der Waals surface area contributed by atoms with Gasteiger partial charge in [-0.1, -0.05) is 23.7 Å². The molecule has 0 saturated heterocycles. The number of aromatic nitrogens is 1. The summed E-state index contributed by atoms with van der Waals surface area (Å²) in [7, 11) is 1.81. The van der Waals surface area contributed by atoms with E-state index in [0.717, 1.165) is 15.8 Å². The lowest BCUT2D eigenvalue weighted by molar-refractivity contribution is -0.114. The van der Waals surface area contributed by atoms with E-state index in [4.69, 9.17) is 11.6 Å². The Kier molecular flexibility index (Phi) is 4.98. The molecule has 1 amide bonds. The minimum Gasteiger partial charge on any atom is -0.364 e. The molecule has 0 bridgehead atoms. The molecule has 0 fully saturated rings. The zero-order chi connectivity index (χ0) is 14.5. The Morgan fingerprint density at radius 3 is 2.85 bits per heavy atom. The number of rotatable bonds is 4. The first-order chi connectivity index (χ1) is 9.58. The molecular formula is C14H13BrClN3O. The molecule has 6 heteroatoms. The van der Waals surface area contributed by atoms with E-state index in [1.807, 2.05) is 24.3 Å². The average molecular weight is 355 g/mol. The lowest BCUT2D eigenvalue weighted by atomic mass is 10.3. The van der Waals surface area contributed by atoms with Crippen molar-refractivity contribution in [2.75, 3.05) is 23.8 Å². The smallest absolute Gasteiger partial charge is 0.243 e. The molecule has 0 aliphatic rings. The summed E-state index contributed by atoms with van der Waals surface area (Å²) in [5, 5.41) is 3.36. The molecule has 1 aromatic heterocycles. The minimum absolute atomic E-state index is 0.118. The maximum Gasteiger partial charge on any atom is 0.243 e. The number of para-hydroxylation sites is 1. The number of carbonyl (C=O) groups excluding carboxylic acids is 1. The number of benzene rings is 1. The van der Waals surface area contributed by atoms with Gasteiger partial charge in [0, 0.05) is 23.9 Å². The molecule has 1 N–H and O–H groups in total. The molecule has 1 aromatic carbocycles. The van der Waals surface area contributed by atoms with Crippen molar-refractivity contribution in [3.05, 3.63) is 52.2 Å². The zero-order valence-corrected chi connectivity index (χ0v) is 13.1. The Labute approximate surface area is 130 Å². The average Bonchev–Trinajstić information content (AvgIpc) is 2.41. The molecule has 2 rings (SSSR count). The summed E-state index contributed by atoms with van der Waals surface area (Å²) < 4.78 is 0.845. The van der Waals surface area contributed by atoms with Gasteiger partial charge in [0.2, 0.25) is 5.91 Å². The summed E-state index contributed by atoms with van der Waals surface area (Å²) in [6.07, 6.45) is 3.20. The second-order valence-electron chi connectivity index (χ2n) is 4.21. The van der Waals surface area contributed by atoms with Crippen molar-refractivity contribution in [2.24, 2.45) is 0 Å². The lowest BCUT2D eigenvalue weighted by Gasteiger charge is -2.19. The number of anilines is 2. The summed E-state index contributed by atoms with van der Waals surface area (Å²) in [5.74, 6) is -0.118. The second-order valence-corrected chi connectivity index (χ2v) is 5.47. The molecule has 0 saturated carbocycles. The fourth-order valence-corrected chi connectivity index (χ4v) is 2.38. The van der Waals surface area contributed by atoms with Crippen LogP contribution in [0.4, 0.5) is 11.4 Å². The van der Waals surface area contributed by atoms with E-state index in [1.54, 1.807) is 30.4 Å². The topological polar surface area (TPSA) is 45.2 Å². The molecule has 0 atom stereocenters. The number of hydrogen-bond donors (Lipinski definition) is 1. The molecule has 0 spiro atoms. The van der Waals surface area contributed by atoms with E-state index < -0.39 is 0 Å². The maximum absolute atomic E-state index is 12.0. The summed E-state index contributed by atoms with van der Waals surface area (Å²) in [6.45, 7) is 0.199. The molecule has 104 valence electrons. The monoisotopic (exact) mass is 353 g/mol. The van der Waals surface area contributed by atoms with Gasteiger partial charge in [-0.2, -0.15) is 0 Å². The second kappa shape index (κ2) is 6.72. The highest BCUT2D eigenvalue weighted by Gasteiger charge is 2.11. The van der Waals surface area contributed by atoms with Gasteiger partial charge in [0.05, 0.1) is 22.9 Å². The summed E-state index contributed by atoms with van der Waals surface area (Å²) in [5.41, 5.74) is 1.51. The van der Waals surface area contributed by atoms with E-state index in [0.29, 0.717) is 5.02 Å². The van der Waals surface area contributed by atoms with Gasteiger partial charge in [-0.15, -0.1) is 0 Å². The maximum atomic E-state index is 12.0. The molecule has 20 heavy (non-hydrogen) atoms. The van der Waals surface area contributed by atoms with Gasteiger partial charge in [0.1, 0.15) is 0 Å². The summed E-state index contributed by atoms with van der Waals surface area (Å²) >= 11 is 9.43. The van der Waals surface area contributed by atoms with Crippen molar-refractivity contribution >= 4 is 44.8 Å². The fourth-order valence-electron chi connectivity index (χ4n) is 1.73. The van der Waals surface area contributed by atoms with E-state index in [-0.39, 0.29) is 12.5 Å². The van der Waals surface area contributed by atoms with Gasteiger partial charge in [0.15, 0.2) is 0 Å². The van der Waals surface area contributed by atoms with Crippen molar-refractivity contribution in [3.63, 3.8) is 0 Å². The van der Waals surface area contributed by atoms with Crippen LogP contribution >= 0.6 is 27.5 Å². The predicted octanol–water partition coefficient (Wildman–Crippen LogP) is 3.57.